The van der Waals surface area contributed by atoms with Gasteiger partial charge in [0.05, 0.1) is 25.7 Å². The lowest BCUT2D eigenvalue weighted by atomic mass is 10.0. The number of carbonyl (C=O) groups excluding carboxylic acids is 4. The largest absolute Gasteiger partial charge is 0.509 e. The maximum atomic E-state index is 13.5. The molecule has 1 aromatic rings. The van der Waals surface area contributed by atoms with Crippen LogP contribution in [0, 0.1) is 0 Å². The third-order valence-corrected chi connectivity index (χ3v) is 7.12. The van der Waals surface area contributed by atoms with E-state index in [0.717, 1.165) is 12.0 Å². The summed E-state index contributed by atoms with van der Waals surface area (Å²) < 4.78 is 33.5. The summed E-state index contributed by atoms with van der Waals surface area (Å²) in [6.07, 6.45) is -3.26. The first-order chi connectivity index (χ1) is 21.2. The number of rotatable bonds is 7. The molecule has 4 atom stereocenters. The topological polar surface area (TPSA) is 142 Å². The predicted molar refractivity (Wildman–Crippen MR) is 169 cm³/mol. The molecule has 2 fully saturated rings. The fourth-order valence-corrected chi connectivity index (χ4v) is 5.25. The number of methoxy groups -OCH3 is 1. The summed E-state index contributed by atoms with van der Waals surface area (Å²) in [5.41, 5.74) is -1.47. The fraction of sp³-hybridized carbons (Fsp3) is 0.697. The van der Waals surface area contributed by atoms with Gasteiger partial charge in [0.25, 0.3) is 0 Å². The van der Waals surface area contributed by atoms with Crippen LogP contribution in [0.25, 0.3) is 0 Å². The van der Waals surface area contributed by atoms with Crippen molar-refractivity contribution in [3.8, 4) is 5.75 Å². The smallest absolute Gasteiger partial charge is 0.497 e. The van der Waals surface area contributed by atoms with Crippen LogP contribution >= 0.6 is 0 Å². The maximum Gasteiger partial charge on any atom is 0.509 e. The third kappa shape index (κ3) is 11.2. The first kappa shape index (κ1) is 36.6. The first-order valence-electron chi connectivity index (χ1n) is 15.7. The number of carbonyl (C=O) groups is 4. The molecule has 1 aromatic carbocycles. The number of amides is 3. The molecular formula is C33H51N3O10. The van der Waals surface area contributed by atoms with Crippen LogP contribution < -0.4 is 10.1 Å². The van der Waals surface area contributed by atoms with E-state index < -0.39 is 59.5 Å². The van der Waals surface area contributed by atoms with Gasteiger partial charge < -0.3 is 38.6 Å². The number of hydrogen-bond donors (Lipinski definition) is 1. The molecule has 2 aliphatic heterocycles. The second kappa shape index (κ2) is 14.7. The highest BCUT2D eigenvalue weighted by molar-refractivity contribution is 5.72. The predicted octanol–water partition coefficient (Wildman–Crippen LogP) is 5.67. The molecule has 0 saturated carbocycles. The number of benzene rings is 1. The van der Waals surface area contributed by atoms with Gasteiger partial charge in [0.1, 0.15) is 22.6 Å². The molecule has 2 saturated heterocycles. The van der Waals surface area contributed by atoms with Gasteiger partial charge in [-0.15, -0.1) is 0 Å². The van der Waals surface area contributed by atoms with Gasteiger partial charge >= 0.3 is 24.4 Å². The van der Waals surface area contributed by atoms with Crippen LogP contribution in [0.2, 0.25) is 0 Å². The molecule has 46 heavy (non-hydrogen) atoms. The van der Waals surface area contributed by atoms with Gasteiger partial charge in [-0.3, -0.25) is 4.90 Å². The quantitative estimate of drug-likeness (QED) is 0.290. The van der Waals surface area contributed by atoms with Crippen molar-refractivity contribution in [3.63, 3.8) is 0 Å². The van der Waals surface area contributed by atoms with Crippen LogP contribution in [-0.2, 0) is 30.1 Å². The van der Waals surface area contributed by atoms with E-state index in [4.69, 9.17) is 28.4 Å². The first-order valence-corrected chi connectivity index (χ1v) is 15.7. The van der Waals surface area contributed by atoms with Crippen molar-refractivity contribution in [2.24, 2.45) is 0 Å². The van der Waals surface area contributed by atoms with Crippen molar-refractivity contribution in [2.75, 3.05) is 26.7 Å². The molecule has 0 unspecified atom stereocenters. The number of ether oxygens (including phenoxy) is 6. The monoisotopic (exact) mass is 649 g/mol. The normalized spacial score (nSPS) is 21.8. The molecule has 3 amide bonds. The van der Waals surface area contributed by atoms with E-state index in [0.29, 0.717) is 18.7 Å². The second-order valence-electron chi connectivity index (χ2n) is 14.6. The minimum Gasteiger partial charge on any atom is -0.497 e. The minimum absolute atomic E-state index is 0.0953. The van der Waals surface area contributed by atoms with E-state index in [9.17, 15) is 19.2 Å². The molecule has 0 aromatic heterocycles. The maximum absolute atomic E-state index is 13.5. The van der Waals surface area contributed by atoms with Crippen LogP contribution in [0.1, 0.15) is 80.7 Å². The Labute approximate surface area is 272 Å². The lowest BCUT2D eigenvalue weighted by Gasteiger charge is -2.31. The van der Waals surface area contributed by atoms with Crippen molar-refractivity contribution in [3.05, 3.63) is 29.8 Å². The fourth-order valence-electron chi connectivity index (χ4n) is 5.25. The average molecular weight is 650 g/mol. The van der Waals surface area contributed by atoms with E-state index in [1.165, 1.54) is 4.90 Å². The molecule has 13 nitrogen and oxygen atoms in total. The molecule has 0 radical (unpaired) electrons. The van der Waals surface area contributed by atoms with Crippen molar-refractivity contribution < 1.29 is 47.6 Å². The number of hydrogen-bond acceptors (Lipinski definition) is 10. The molecular weight excluding hydrogens is 598 g/mol. The standard InChI is InChI=1S/C33H51N3O10/c1-31(2,3)44-28(38)35-17-11-12-22(35)19-34-27(37)43-26-24(18-21-13-15-23(41-10)16-14-21)36(29(39)45-32(4,5)6)20-25(26)42-30(40)46-33(7,8)9/h13-16,22,24-26H,11-12,17-20H2,1-10H3,(H,34,37)/t22-,24+,25-,26-/m0/s1. The summed E-state index contributed by atoms with van der Waals surface area (Å²) in [6, 6.07) is 6.22. The zero-order chi connectivity index (χ0) is 34.4. The average Bonchev–Trinajstić information content (AvgIpc) is 3.50. The zero-order valence-electron chi connectivity index (χ0n) is 28.8. The van der Waals surface area contributed by atoms with Gasteiger partial charge in [-0.2, -0.15) is 0 Å². The summed E-state index contributed by atoms with van der Waals surface area (Å²) in [5, 5.41) is 2.76. The molecule has 2 aliphatic rings. The van der Waals surface area contributed by atoms with Gasteiger partial charge in [-0.1, -0.05) is 12.1 Å². The molecule has 0 aliphatic carbocycles. The summed E-state index contributed by atoms with van der Waals surface area (Å²) >= 11 is 0. The summed E-state index contributed by atoms with van der Waals surface area (Å²) in [6.45, 7) is 16.3. The third-order valence-electron chi connectivity index (χ3n) is 7.12. The van der Waals surface area contributed by atoms with Gasteiger partial charge in [0.15, 0.2) is 12.2 Å². The Kier molecular flexibility index (Phi) is 11.7. The minimum atomic E-state index is -1.08. The van der Waals surface area contributed by atoms with Crippen LogP contribution in [-0.4, -0.2) is 102 Å². The highest BCUT2D eigenvalue weighted by atomic mass is 16.7. The van der Waals surface area contributed by atoms with E-state index in [2.05, 4.69) is 5.32 Å². The van der Waals surface area contributed by atoms with Gasteiger partial charge in [0.2, 0.25) is 0 Å². The number of likely N-dealkylation sites (tertiary alicyclic amines) is 2. The number of nitrogens with one attached hydrogen (secondary N) is 1. The summed E-state index contributed by atoms with van der Waals surface area (Å²) in [4.78, 5) is 55.3. The van der Waals surface area contributed by atoms with E-state index in [-0.39, 0.29) is 25.6 Å². The highest BCUT2D eigenvalue weighted by Gasteiger charge is 2.50. The van der Waals surface area contributed by atoms with Crippen molar-refractivity contribution in [2.45, 2.75) is 123 Å². The lowest BCUT2D eigenvalue weighted by Crippen LogP contribution is -2.48. The summed E-state index contributed by atoms with van der Waals surface area (Å²) in [5.74, 6) is 0.657. The van der Waals surface area contributed by atoms with Gasteiger partial charge in [-0.25, -0.2) is 19.2 Å². The lowest BCUT2D eigenvalue weighted by molar-refractivity contribution is -0.0518. The Balaban J connectivity index is 1.85. The molecule has 0 bridgehead atoms. The van der Waals surface area contributed by atoms with Crippen molar-refractivity contribution >= 4 is 24.4 Å². The Morgan fingerprint density at radius 3 is 1.91 bits per heavy atom. The Morgan fingerprint density at radius 1 is 0.804 bits per heavy atom. The number of nitrogens with zero attached hydrogens (tertiary/aromatic N) is 2. The van der Waals surface area contributed by atoms with E-state index in [1.807, 2.05) is 12.1 Å². The molecule has 2 heterocycles. The van der Waals surface area contributed by atoms with Gasteiger partial charge in [0, 0.05) is 13.1 Å². The van der Waals surface area contributed by atoms with Gasteiger partial charge in [-0.05, 0) is 99.3 Å². The molecule has 3 rings (SSSR count). The number of alkyl carbamates (subject to hydrolysis) is 1. The van der Waals surface area contributed by atoms with Crippen molar-refractivity contribution in [1.82, 2.24) is 15.1 Å². The van der Waals surface area contributed by atoms with Crippen LogP contribution in [0.5, 0.6) is 5.75 Å². The Hall–Kier alpha value is -3.90. The van der Waals surface area contributed by atoms with Crippen LogP contribution in [0.4, 0.5) is 19.2 Å². The van der Waals surface area contributed by atoms with Crippen LogP contribution in [0.15, 0.2) is 24.3 Å². The highest BCUT2D eigenvalue weighted by Crippen LogP contribution is 2.30. The van der Waals surface area contributed by atoms with E-state index >= 15 is 0 Å². The van der Waals surface area contributed by atoms with Crippen LogP contribution in [0.3, 0.4) is 0 Å². The molecule has 13 heteroatoms. The van der Waals surface area contributed by atoms with E-state index in [1.54, 1.807) is 86.5 Å². The Bertz CT molecular complexity index is 1220. The second-order valence-corrected chi connectivity index (χ2v) is 14.6. The van der Waals surface area contributed by atoms with Crippen molar-refractivity contribution in [1.29, 1.82) is 0 Å². The SMILES string of the molecule is COc1ccc(C[C@@H]2[C@H](OC(=O)NC[C@@H]3CCCN3C(=O)OC(C)(C)C)[C@@H](OC(=O)OC(C)(C)C)CN2C(=O)OC(C)(C)C)cc1. The Morgan fingerprint density at radius 2 is 1.37 bits per heavy atom. The zero-order valence-corrected chi connectivity index (χ0v) is 28.8. The molecule has 0 spiro atoms. The summed E-state index contributed by atoms with van der Waals surface area (Å²) in [7, 11) is 1.57. The molecule has 1 N–H and O–H groups in total. The molecule has 258 valence electrons.